The Bertz CT molecular complexity index is 574. The standard InChI is InChI=1S/C13H13FN4O/c1-15-12-11(6-10(14)8-17-12)13(19)18-7-9-2-4-16-5-3-9/h2-6,8H,7H2,1H3,(H,15,17)(H,18,19). The summed E-state index contributed by atoms with van der Waals surface area (Å²) in [5.41, 5.74) is 1.09. The van der Waals surface area contributed by atoms with Crippen LogP contribution in [0.25, 0.3) is 0 Å². The van der Waals surface area contributed by atoms with Crippen LogP contribution in [0.2, 0.25) is 0 Å². The lowest BCUT2D eigenvalue weighted by molar-refractivity contribution is 0.0951. The van der Waals surface area contributed by atoms with Crippen molar-refractivity contribution in [1.82, 2.24) is 15.3 Å². The second-order valence-corrected chi connectivity index (χ2v) is 3.84. The zero-order valence-corrected chi connectivity index (χ0v) is 10.4. The molecule has 0 aromatic carbocycles. The van der Waals surface area contributed by atoms with E-state index in [-0.39, 0.29) is 11.5 Å². The average Bonchev–Trinajstić information content (AvgIpc) is 2.46. The molecular formula is C13H13FN4O. The number of halogens is 1. The number of carbonyl (C=O) groups excluding carboxylic acids is 1. The fourth-order valence-corrected chi connectivity index (χ4v) is 1.59. The number of hydrogen-bond donors (Lipinski definition) is 2. The van der Waals surface area contributed by atoms with Gasteiger partial charge in [0.1, 0.15) is 11.6 Å². The molecule has 2 rings (SSSR count). The van der Waals surface area contributed by atoms with Gasteiger partial charge in [-0.3, -0.25) is 9.78 Å². The van der Waals surface area contributed by atoms with Gasteiger partial charge in [-0.15, -0.1) is 0 Å². The van der Waals surface area contributed by atoms with Crippen LogP contribution in [0.15, 0.2) is 36.8 Å². The van der Waals surface area contributed by atoms with Crippen LogP contribution < -0.4 is 10.6 Å². The Balaban J connectivity index is 2.10. The first kappa shape index (κ1) is 12.9. The molecule has 2 aromatic rings. The van der Waals surface area contributed by atoms with Crippen molar-refractivity contribution in [3.05, 3.63) is 53.7 Å². The van der Waals surface area contributed by atoms with Crippen LogP contribution in [0.1, 0.15) is 15.9 Å². The summed E-state index contributed by atoms with van der Waals surface area (Å²) in [5, 5.41) is 5.46. The zero-order chi connectivity index (χ0) is 13.7. The van der Waals surface area contributed by atoms with Crippen molar-refractivity contribution in [2.45, 2.75) is 6.54 Å². The zero-order valence-electron chi connectivity index (χ0n) is 10.4. The van der Waals surface area contributed by atoms with Gasteiger partial charge in [-0.05, 0) is 23.8 Å². The summed E-state index contributed by atoms with van der Waals surface area (Å²) in [4.78, 5) is 19.7. The molecule has 98 valence electrons. The summed E-state index contributed by atoms with van der Waals surface area (Å²) in [6.07, 6.45) is 4.35. The lowest BCUT2D eigenvalue weighted by atomic mass is 10.2. The molecule has 0 radical (unpaired) electrons. The minimum atomic E-state index is -0.548. The second-order valence-electron chi connectivity index (χ2n) is 3.84. The van der Waals surface area contributed by atoms with Crippen molar-refractivity contribution >= 4 is 11.7 Å². The third kappa shape index (κ3) is 3.25. The summed E-state index contributed by atoms with van der Waals surface area (Å²) >= 11 is 0. The Morgan fingerprint density at radius 1 is 1.37 bits per heavy atom. The number of aromatic nitrogens is 2. The topological polar surface area (TPSA) is 66.9 Å². The fraction of sp³-hybridized carbons (Fsp3) is 0.154. The normalized spacial score (nSPS) is 10.0. The summed E-state index contributed by atoms with van der Waals surface area (Å²) < 4.78 is 13.1. The highest BCUT2D eigenvalue weighted by molar-refractivity contribution is 5.98. The molecule has 6 heteroatoms. The molecule has 0 aliphatic rings. The molecule has 2 heterocycles. The Morgan fingerprint density at radius 3 is 2.79 bits per heavy atom. The molecule has 0 unspecified atom stereocenters. The molecule has 2 N–H and O–H groups in total. The molecule has 5 nitrogen and oxygen atoms in total. The highest BCUT2D eigenvalue weighted by Crippen LogP contribution is 2.13. The molecular weight excluding hydrogens is 247 g/mol. The Hall–Kier alpha value is -2.50. The molecule has 19 heavy (non-hydrogen) atoms. The number of amides is 1. The van der Waals surface area contributed by atoms with Gasteiger partial charge in [0.05, 0.1) is 11.8 Å². The van der Waals surface area contributed by atoms with Crippen molar-refractivity contribution in [3.8, 4) is 0 Å². The van der Waals surface area contributed by atoms with Crippen LogP contribution in [0.4, 0.5) is 10.2 Å². The minimum Gasteiger partial charge on any atom is -0.372 e. The van der Waals surface area contributed by atoms with Gasteiger partial charge in [0.2, 0.25) is 0 Å². The van der Waals surface area contributed by atoms with E-state index in [0.29, 0.717) is 12.4 Å². The van der Waals surface area contributed by atoms with E-state index < -0.39 is 5.82 Å². The van der Waals surface area contributed by atoms with E-state index in [4.69, 9.17) is 0 Å². The molecule has 0 fully saturated rings. The predicted octanol–water partition coefficient (Wildman–Crippen LogP) is 1.59. The van der Waals surface area contributed by atoms with Gasteiger partial charge in [0.15, 0.2) is 0 Å². The first-order chi connectivity index (χ1) is 9.20. The van der Waals surface area contributed by atoms with Crippen molar-refractivity contribution in [1.29, 1.82) is 0 Å². The van der Waals surface area contributed by atoms with Crippen molar-refractivity contribution in [2.75, 3.05) is 12.4 Å². The molecule has 0 bridgehead atoms. The molecule has 0 saturated carbocycles. The Labute approximate surface area is 109 Å². The summed E-state index contributed by atoms with van der Waals surface area (Å²) in [6.45, 7) is 0.348. The number of hydrogen-bond acceptors (Lipinski definition) is 4. The first-order valence-corrected chi connectivity index (χ1v) is 5.71. The maximum atomic E-state index is 13.1. The van der Waals surface area contributed by atoms with Gasteiger partial charge in [-0.1, -0.05) is 0 Å². The van der Waals surface area contributed by atoms with Crippen molar-refractivity contribution in [2.24, 2.45) is 0 Å². The largest absolute Gasteiger partial charge is 0.372 e. The monoisotopic (exact) mass is 260 g/mol. The Kier molecular flexibility index (Phi) is 4.02. The smallest absolute Gasteiger partial charge is 0.255 e. The number of nitrogens with one attached hydrogen (secondary N) is 2. The summed E-state index contributed by atoms with van der Waals surface area (Å²) in [6, 6.07) is 4.74. The minimum absolute atomic E-state index is 0.177. The maximum absolute atomic E-state index is 13.1. The van der Waals surface area contributed by atoms with Gasteiger partial charge < -0.3 is 10.6 Å². The Morgan fingerprint density at radius 2 is 2.11 bits per heavy atom. The summed E-state index contributed by atoms with van der Waals surface area (Å²) in [7, 11) is 1.62. The molecule has 0 aliphatic carbocycles. The van der Waals surface area contributed by atoms with E-state index in [1.54, 1.807) is 31.6 Å². The van der Waals surface area contributed by atoms with E-state index in [9.17, 15) is 9.18 Å². The van der Waals surface area contributed by atoms with E-state index in [1.165, 1.54) is 0 Å². The number of anilines is 1. The second kappa shape index (κ2) is 5.90. The summed E-state index contributed by atoms with van der Waals surface area (Å²) in [5.74, 6) is -0.588. The van der Waals surface area contributed by atoms with Crippen molar-refractivity contribution in [3.63, 3.8) is 0 Å². The van der Waals surface area contributed by atoms with Gasteiger partial charge in [-0.2, -0.15) is 0 Å². The van der Waals surface area contributed by atoms with Crippen LogP contribution in [0.3, 0.4) is 0 Å². The quantitative estimate of drug-likeness (QED) is 0.876. The van der Waals surface area contributed by atoms with Crippen LogP contribution >= 0.6 is 0 Å². The number of nitrogens with zero attached hydrogens (tertiary/aromatic N) is 2. The van der Waals surface area contributed by atoms with Gasteiger partial charge in [0, 0.05) is 26.0 Å². The van der Waals surface area contributed by atoms with Gasteiger partial charge in [0.25, 0.3) is 5.91 Å². The van der Waals surface area contributed by atoms with Gasteiger partial charge >= 0.3 is 0 Å². The lowest BCUT2D eigenvalue weighted by Crippen LogP contribution is -2.24. The SMILES string of the molecule is CNc1ncc(F)cc1C(=O)NCc1ccncc1. The average molecular weight is 260 g/mol. The lowest BCUT2D eigenvalue weighted by Gasteiger charge is -2.09. The number of pyridine rings is 2. The highest BCUT2D eigenvalue weighted by atomic mass is 19.1. The molecule has 0 saturated heterocycles. The molecule has 1 amide bonds. The molecule has 2 aromatic heterocycles. The highest BCUT2D eigenvalue weighted by Gasteiger charge is 2.12. The first-order valence-electron chi connectivity index (χ1n) is 5.71. The maximum Gasteiger partial charge on any atom is 0.255 e. The molecule has 0 atom stereocenters. The number of carbonyl (C=O) groups is 1. The van der Waals surface area contributed by atoms with E-state index in [2.05, 4.69) is 20.6 Å². The van der Waals surface area contributed by atoms with Crippen molar-refractivity contribution < 1.29 is 9.18 Å². The van der Waals surface area contributed by atoms with E-state index in [0.717, 1.165) is 17.8 Å². The van der Waals surface area contributed by atoms with E-state index >= 15 is 0 Å². The molecule has 0 spiro atoms. The third-order valence-corrected chi connectivity index (χ3v) is 2.54. The van der Waals surface area contributed by atoms with Gasteiger partial charge in [-0.25, -0.2) is 9.37 Å². The van der Waals surface area contributed by atoms with Crippen LogP contribution in [0, 0.1) is 5.82 Å². The van der Waals surface area contributed by atoms with Crippen LogP contribution in [0.5, 0.6) is 0 Å². The van der Waals surface area contributed by atoms with Crippen LogP contribution in [-0.2, 0) is 6.54 Å². The number of rotatable bonds is 4. The van der Waals surface area contributed by atoms with Crippen LogP contribution in [-0.4, -0.2) is 22.9 Å². The molecule has 0 aliphatic heterocycles. The fourth-order valence-electron chi connectivity index (χ4n) is 1.59. The third-order valence-electron chi connectivity index (χ3n) is 2.54. The predicted molar refractivity (Wildman–Crippen MR) is 69.1 cm³/mol. The van der Waals surface area contributed by atoms with E-state index in [1.807, 2.05) is 0 Å².